The minimum absolute atomic E-state index is 0.136. The van der Waals surface area contributed by atoms with Crippen LogP contribution in [-0.2, 0) is 12.0 Å². The zero-order valence-electron chi connectivity index (χ0n) is 11.4. The van der Waals surface area contributed by atoms with Crippen molar-refractivity contribution in [3.05, 3.63) is 35.4 Å². The fraction of sp³-hybridized carbons (Fsp3) is 0.400. The van der Waals surface area contributed by atoms with E-state index < -0.39 is 0 Å². The SMILES string of the molecule is COc1nc2ccc(C(C)(C)C)cc2cc1CN. The molecule has 2 aromatic rings. The summed E-state index contributed by atoms with van der Waals surface area (Å²) in [5.41, 5.74) is 9.04. The van der Waals surface area contributed by atoms with Crippen LogP contribution in [-0.4, -0.2) is 12.1 Å². The lowest BCUT2D eigenvalue weighted by atomic mass is 9.86. The third-order valence-corrected chi connectivity index (χ3v) is 3.13. The van der Waals surface area contributed by atoms with Crippen LogP contribution in [0.3, 0.4) is 0 Å². The number of hydrogen-bond acceptors (Lipinski definition) is 3. The van der Waals surface area contributed by atoms with Crippen molar-refractivity contribution in [1.82, 2.24) is 4.98 Å². The quantitative estimate of drug-likeness (QED) is 0.883. The van der Waals surface area contributed by atoms with E-state index in [9.17, 15) is 0 Å². The van der Waals surface area contributed by atoms with Crippen LogP contribution in [0.2, 0.25) is 0 Å². The Morgan fingerprint density at radius 3 is 2.50 bits per heavy atom. The fourth-order valence-electron chi connectivity index (χ4n) is 1.99. The molecule has 2 N–H and O–H groups in total. The van der Waals surface area contributed by atoms with Gasteiger partial charge in [-0.3, -0.25) is 0 Å². The number of methoxy groups -OCH3 is 1. The van der Waals surface area contributed by atoms with Gasteiger partial charge in [0.05, 0.1) is 12.6 Å². The van der Waals surface area contributed by atoms with Crippen molar-refractivity contribution in [2.45, 2.75) is 32.7 Å². The lowest BCUT2D eigenvalue weighted by molar-refractivity contribution is 0.394. The van der Waals surface area contributed by atoms with Gasteiger partial charge in [0.25, 0.3) is 0 Å². The van der Waals surface area contributed by atoms with Gasteiger partial charge in [-0.05, 0) is 29.2 Å². The van der Waals surface area contributed by atoms with Crippen molar-refractivity contribution < 1.29 is 4.74 Å². The van der Waals surface area contributed by atoms with Crippen LogP contribution >= 0.6 is 0 Å². The molecule has 0 saturated heterocycles. The summed E-state index contributed by atoms with van der Waals surface area (Å²) in [4.78, 5) is 4.49. The second-order valence-corrected chi connectivity index (χ2v) is 5.52. The second-order valence-electron chi connectivity index (χ2n) is 5.52. The van der Waals surface area contributed by atoms with Gasteiger partial charge in [-0.15, -0.1) is 0 Å². The molecule has 0 saturated carbocycles. The monoisotopic (exact) mass is 244 g/mol. The first-order chi connectivity index (χ1) is 8.45. The summed E-state index contributed by atoms with van der Waals surface area (Å²) in [6.07, 6.45) is 0. The Hall–Kier alpha value is -1.61. The van der Waals surface area contributed by atoms with E-state index in [1.54, 1.807) is 7.11 Å². The maximum atomic E-state index is 5.72. The summed E-state index contributed by atoms with van der Waals surface area (Å²) in [5, 5.41) is 1.11. The average Bonchev–Trinajstić information content (AvgIpc) is 2.35. The molecule has 0 unspecified atom stereocenters. The van der Waals surface area contributed by atoms with Gasteiger partial charge in [-0.1, -0.05) is 26.8 Å². The van der Waals surface area contributed by atoms with E-state index in [1.165, 1.54) is 5.56 Å². The molecule has 0 bridgehead atoms. The second kappa shape index (κ2) is 4.58. The lowest BCUT2D eigenvalue weighted by Crippen LogP contribution is -2.11. The Labute approximate surface area is 108 Å². The molecule has 3 nitrogen and oxygen atoms in total. The Bertz CT molecular complexity index is 570. The van der Waals surface area contributed by atoms with E-state index in [0.29, 0.717) is 12.4 Å². The van der Waals surface area contributed by atoms with Gasteiger partial charge in [0.15, 0.2) is 0 Å². The molecule has 0 atom stereocenters. The normalized spacial score (nSPS) is 11.8. The Morgan fingerprint density at radius 2 is 1.94 bits per heavy atom. The van der Waals surface area contributed by atoms with E-state index in [4.69, 9.17) is 10.5 Å². The molecule has 0 radical (unpaired) electrons. The van der Waals surface area contributed by atoms with Crippen LogP contribution in [0.15, 0.2) is 24.3 Å². The topological polar surface area (TPSA) is 48.1 Å². The van der Waals surface area contributed by atoms with Gasteiger partial charge in [0.2, 0.25) is 5.88 Å². The summed E-state index contributed by atoms with van der Waals surface area (Å²) < 4.78 is 5.25. The van der Waals surface area contributed by atoms with Crippen molar-refractivity contribution in [2.24, 2.45) is 5.73 Å². The summed E-state index contributed by atoms with van der Waals surface area (Å²) in [7, 11) is 1.62. The number of hydrogen-bond donors (Lipinski definition) is 1. The molecule has 0 amide bonds. The molecular weight excluding hydrogens is 224 g/mol. The molecule has 3 heteroatoms. The molecule has 1 aromatic heterocycles. The molecule has 0 aliphatic carbocycles. The minimum Gasteiger partial charge on any atom is -0.481 e. The minimum atomic E-state index is 0.136. The van der Waals surface area contributed by atoms with Crippen LogP contribution < -0.4 is 10.5 Å². The number of pyridine rings is 1. The van der Waals surface area contributed by atoms with Crippen LogP contribution in [0.5, 0.6) is 5.88 Å². The molecule has 0 spiro atoms. The highest BCUT2D eigenvalue weighted by Gasteiger charge is 2.14. The first kappa shape index (κ1) is 12.8. The number of benzene rings is 1. The zero-order chi connectivity index (χ0) is 13.3. The Kier molecular flexibility index (Phi) is 3.26. The van der Waals surface area contributed by atoms with Crippen molar-refractivity contribution in [3.8, 4) is 5.88 Å². The van der Waals surface area contributed by atoms with E-state index in [2.05, 4.69) is 44.0 Å². The standard InChI is InChI=1S/C15H20N2O/c1-15(2,3)12-5-6-13-10(8-12)7-11(9-16)14(17-13)18-4/h5-8H,9,16H2,1-4H3. The first-order valence-corrected chi connectivity index (χ1v) is 6.14. The number of aromatic nitrogens is 1. The summed E-state index contributed by atoms with van der Waals surface area (Å²) in [5.74, 6) is 0.619. The molecule has 18 heavy (non-hydrogen) atoms. The number of nitrogens with zero attached hydrogens (tertiary/aromatic N) is 1. The van der Waals surface area contributed by atoms with E-state index in [-0.39, 0.29) is 5.41 Å². The average molecular weight is 244 g/mol. The first-order valence-electron chi connectivity index (χ1n) is 6.14. The van der Waals surface area contributed by atoms with E-state index in [1.807, 2.05) is 6.07 Å². The molecule has 1 heterocycles. The van der Waals surface area contributed by atoms with Gasteiger partial charge in [-0.25, -0.2) is 4.98 Å². The molecule has 96 valence electrons. The van der Waals surface area contributed by atoms with Crippen molar-refractivity contribution in [1.29, 1.82) is 0 Å². The van der Waals surface area contributed by atoms with Gasteiger partial charge in [0.1, 0.15) is 0 Å². The maximum absolute atomic E-state index is 5.72. The molecule has 2 rings (SSSR count). The highest BCUT2D eigenvalue weighted by Crippen LogP contribution is 2.28. The maximum Gasteiger partial charge on any atom is 0.218 e. The van der Waals surface area contributed by atoms with Gasteiger partial charge in [0, 0.05) is 17.5 Å². The lowest BCUT2D eigenvalue weighted by Gasteiger charge is -2.19. The number of fused-ring (bicyclic) bond motifs is 1. The largest absolute Gasteiger partial charge is 0.481 e. The van der Waals surface area contributed by atoms with E-state index >= 15 is 0 Å². The van der Waals surface area contributed by atoms with Crippen LogP contribution in [0.4, 0.5) is 0 Å². The smallest absolute Gasteiger partial charge is 0.218 e. The molecule has 0 aliphatic rings. The van der Waals surface area contributed by atoms with Crippen LogP contribution in [0, 0.1) is 0 Å². The molecule has 1 aromatic carbocycles. The summed E-state index contributed by atoms with van der Waals surface area (Å²) in [6.45, 7) is 7.05. The van der Waals surface area contributed by atoms with Crippen molar-refractivity contribution in [3.63, 3.8) is 0 Å². The number of rotatable bonds is 2. The summed E-state index contributed by atoms with van der Waals surface area (Å²) >= 11 is 0. The van der Waals surface area contributed by atoms with Crippen molar-refractivity contribution in [2.75, 3.05) is 7.11 Å². The molecular formula is C15H20N2O. The Balaban J connectivity index is 2.63. The third kappa shape index (κ3) is 2.31. The van der Waals surface area contributed by atoms with Crippen LogP contribution in [0.1, 0.15) is 31.9 Å². The number of ether oxygens (including phenoxy) is 1. The van der Waals surface area contributed by atoms with Crippen molar-refractivity contribution >= 4 is 10.9 Å². The predicted molar refractivity (Wildman–Crippen MR) is 74.9 cm³/mol. The third-order valence-electron chi connectivity index (χ3n) is 3.13. The molecule has 0 fully saturated rings. The van der Waals surface area contributed by atoms with Gasteiger partial charge < -0.3 is 10.5 Å². The highest BCUT2D eigenvalue weighted by molar-refractivity contribution is 5.81. The highest BCUT2D eigenvalue weighted by atomic mass is 16.5. The van der Waals surface area contributed by atoms with Gasteiger partial charge >= 0.3 is 0 Å². The molecule has 0 aliphatic heterocycles. The van der Waals surface area contributed by atoms with Gasteiger partial charge in [-0.2, -0.15) is 0 Å². The fourth-order valence-corrected chi connectivity index (χ4v) is 1.99. The number of nitrogens with two attached hydrogens (primary N) is 1. The van der Waals surface area contributed by atoms with Crippen LogP contribution in [0.25, 0.3) is 10.9 Å². The predicted octanol–water partition coefficient (Wildman–Crippen LogP) is 3.00. The zero-order valence-corrected chi connectivity index (χ0v) is 11.4. The van der Waals surface area contributed by atoms with E-state index in [0.717, 1.165) is 16.5 Å². The summed E-state index contributed by atoms with van der Waals surface area (Å²) in [6, 6.07) is 8.41. The Morgan fingerprint density at radius 1 is 1.22 bits per heavy atom.